The number of ketones is 1. The average molecular weight is 366 g/mol. The second-order valence-corrected chi connectivity index (χ2v) is 7.65. The van der Waals surface area contributed by atoms with Crippen LogP contribution in [0.2, 0.25) is 0 Å². The Morgan fingerprint density at radius 1 is 1.08 bits per heavy atom. The normalized spacial score (nSPS) is 16.3. The molecule has 0 radical (unpaired) electrons. The maximum absolute atomic E-state index is 13.2. The Morgan fingerprint density at radius 3 is 2.23 bits per heavy atom. The molecule has 0 saturated carbocycles. The maximum Gasteiger partial charge on any atom is 0.264 e. The lowest BCUT2D eigenvalue weighted by Gasteiger charge is -2.23. The first-order valence-corrected chi connectivity index (χ1v) is 9.60. The molecule has 2 aromatic rings. The number of nitrogens with zero attached hydrogens (tertiary/aromatic N) is 2. The summed E-state index contributed by atoms with van der Waals surface area (Å²) in [5.41, 5.74) is 3.08. The van der Waals surface area contributed by atoms with E-state index in [1.165, 1.54) is 6.92 Å². The van der Waals surface area contributed by atoms with Gasteiger partial charge in [-0.2, -0.15) is 0 Å². The van der Waals surface area contributed by atoms with Crippen molar-refractivity contribution >= 4 is 34.3 Å². The van der Waals surface area contributed by atoms with Crippen LogP contribution in [-0.4, -0.2) is 28.7 Å². The number of Topliss-reactive ketones (excluding diaryl/α,β-unsaturated/α-hetero) is 1. The van der Waals surface area contributed by atoms with Gasteiger partial charge in [0.15, 0.2) is 11.0 Å². The van der Waals surface area contributed by atoms with Crippen LogP contribution in [-0.2, 0) is 0 Å². The van der Waals surface area contributed by atoms with E-state index in [-0.39, 0.29) is 11.7 Å². The van der Waals surface area contributed by atoms with E-state index in [1.54, 1.807) is 28.8 Å². The molecule has 4 nitrogen and oxygen atoms in total. The van der Waals surface area contributed by atoms with Gasteiger partial charge in [0.2, 0.25) is 0 Å². The summed E-state index contributed by atoms with van der Waals surface area (Å²) in [5.74, 6) is -0.102. The summed E-state index contributed by atoms with van der Waals surface area (Å²) < 4.78 is 0. The van der Waals surface area contributed by atoms with Gasteiger partial charge in [0.05, 0.1) is 12.2 Å². The number of amides is 1. The molecular formula is C21H22N2O2S. The second kappa shape index (κ2) is 7.87. The number of thioether (sulfide) groups is 1. The third-order valence-electron chi connectivity index (χ3n) is 4.38. The molecule has 0 N–H and O–H groups in total. The maximum atomic E-state index is 13.2. The zero-order valence-electron chi connectivity index (χ0n) is 15.2. The fraction of sp³-hybridized carbons (Fsp3) is 0.286. The quantitative estimate of drug-likeness (QED) is 0.735. The first-order valence-electron chi connectivity index (χ1n) is 8.73. The summed E-state index contributed by atoms with van der Waals surface area (Å²) >= 11 is 1.64. The number of aryl methyl sites for hydroxylation is 1. The monoisotopic (exact) mass is 366 g/mol. The molecule has 26 heavy (non-hydrogen) atoms. The molecule has 0 spiro atoms. The van der Waals surface area contributed by atoms with Crippen LogP contribution in [0.1, 0.15) is 46.5 Å². The van der Waals surface area contributed by atoms with Gasteiger partial charge in [-0.25, -0.2) is 0 Å². The molecule has 1 amide bonds. The molecule has 1 aliphatic rings. The number of aliphatic imine (C=N–C) groups is 1. The molecule has 2 aromatic carbocycles. The van der Waals surface area contributed by atoms with Crippen molar-refractivity contribution in [3.05, 3.63) is 65.2 Å². The van der Waals surface area contributed by atoms with Crippen LogP contribution in [0.15, 0.2) is 53.5 Å². The molecule has 1 heterocycles. The third-order valence-corrected chi connectivity index (χ3v) is 5.72. The molecule has 0 bridgehead atoms. The van der Waals surface area contributed by atoms with Gasteiger partial charge in [-0.1, -0.05) is 36.4 Å². The molecule has 1 unspecified atom stereocenters. The molecule has 1 aliphatic heterocycles. The fourth-order valence-electron chi connectivity index (χ4n) is 2.72. The zero-order chi connectivity index (χ0) is 18.7. The van der Waals surface area contributed by atoms with Crippen LogP contribution in [0.5, 0.6) is 0 Å². The first-order chi connectivity index (χ1) is 12.5. The van der Waals surface area contributed by atoms with Crippen LogP contribution in [0.25, 0.3) is 0 Å². The van der Waals surface area contributed by atoms with Gasteiger partial charge >= 0.3 is 0 Å². The van der Waals surface area contributed by atoms with E-state index in [1.807, 2.05) is 43.3 Å². The zero-order valence-corrected chi connectivity index (χ0v) is 16.0. The minimum atomic E-state index is -0.108. The lowest BCUT2D eigenvalue weighted by molar-refractivity contribution is 0.0999. The molecule has 3 rings (SSSR count). The van der Waals surface area contributed by atoms with Crippen molar-refractivity contribution in [3.8, 4) is 0 Å². The van der Waals surface area contributed by atoms with Crippen molar-refractivity contribution in [1.82, 2.24) is 0 Å². The van der Waals surface area contributed by atoms with Gasteiger partial charge in [-0.05, 0) is 56.7 Å². The van der Waals surface area contributed by atoms with Crippen molar-refractivity contribution in [2.24, 2.45) is 4.99 Å². The highest BCUT2D eigenvalue weighted by Gasteiger charge is 2.29. The van der Waals surface area contributed by atoms with E-state index < -0.39 is 0 Å². The van der Waals surface area contributed by atoms with E-state index in [0.29, 0.717) is 16.4 Å². The highest BCUT2D eigenvalue weighted by Crippen LogP contribution is 2.30. The number of carbonyl (C=O) groups is 2. The van der Waals surface area contributed by atoms with E-state index in [0.717, 1.165) is 29.4 Å². The van der Waals surface area contributed by atoms with Crippen LogP contribution < -0.4 is 4.90 Å². The van der Waals surface area contributed by atoms with E-state index in [2.05, 4.69) is 11.9 Å². The summed E-state index contributed by atoms with van der Waals surface area (Å²) in [5, 5.41) is 1.12. The summed E-state index contributed by atoms with van der Waals surface area (Å²) in [6.07, 6.45) is 1.01. The molecule has 0 aliphatic carbocycles. The molecule has 0 aromatic heterocycles. The second-order valence-electron chi connectivity index (χ2n) is 6.38. The van der Waals surface area contributed by atoms with Gasteiger partial charge in [-0.3, -0.25) is 19.5 Å². The van der Waals surface area contributed by atoms with E-state index >= 15 is 0 Å². The van der Waals surface area contributed by atoms with Gasteiger partial charge < -0.3 is 0 Å². The van der Waals surface area contributed by atoms with Crippen LogP contribution in [0.4, 0.5) is 5.69 Å². The average Bonchev–Trinajstić information content (AvgIpc) is 3.11. The predicted octanol–water partition coefficient (Wildman–Crippen LogP) is 4.73. The van der Waals surface area contributed by atoms with Crippen molar-refractivity contribution in [2.45, 2.75) is 32.4 Å². The van der Waals surface area contributed by atoms with Crippen LogP contribution in [0, 0.1) is 6.92 Å². The Morgan fingerprint density at radius 2 is 1.69 bits per heavy atom. The number of hydrogen-bond donors (Lipinski definition) is 0. The van der Waals surface area contributed by atoms with Crippen molar-refractivity contribution < 1.29 is 9.59 Å². The Bertz CT molecular complexity index is 841. The number of anilines is 1. The SMILES string of the molecule is CCC1CN=C(N(C(=O)c2ccc(C)cc2)c2ccc(C(C)=O)cc2)S1. The predicted molar refractivity (Wildman–Crippen MR) is 108 cm³/mol. The largest absolute Gasteiger partial charge is 0.295 e. The van der Waals surface area contributed by atoms with Gasteiger partial charge in [0.25, 0.3) is 5.91 Å². The molecule has 1 atom stereocenters. The lowest BCUT2D eigenvalue weighted by Crippen LogP contribution is -2.35. The highest BCUT2D eigenvalue weighted by molar-refractivity contribution is 8.15. The highest BCUT2D eigenvalue weighted by atomic mass is 32.2. The van der Waals surface area contributed by atoms with Gasteiger partial charge in [0, 0.05) is 16.4 Å². The first kappa shape index (κ1) is 18.4. The molecular weight excluding hydrogens is 344 g/mol. The van der Waals surface area contributed by atoms with Crippen LogP contribution >= 0.6 is 11.8 Å². The number of amidine groups is 1. The van der Waals surface area contributed by atoms with E-state index in [4.69, 9.17) is 0 Å². The Balaban J connectivity index is 1.97. The third kappa shape index (κ3) is 3.88. The molecule has 0 fully saturated rings. The summed E-state index contributed by atoms with van der Waals surface area (Å²) in [6, 6.07) is 14.7. The minimum Gasteiger partial charge on any atom is -0.295 e. The summed E-state index contributed by atoms with van der Waals surface area (Å²) in [4.78, 5) is 31.0. The van der Waals surface area contributed by atoms with Crippen molar-refractivity contribution in [3.63, 3.8) is 0 Å². The topological polar surface area (TPSA) is 49.7 Å². The molecule has 134 valence electrons. The van der Waals surface area contributed by atoms with Gasteiger partial charge in [0.1, 0.15) is 0 Å². The smallest absolute Gasteiger partial charge is 0.264 e. The van der Waals surface area contributed by atoms with Crippen molar-refractivity contribution in [1.29, 1.82) is 0 Å². The number of carbonyl (C=O) groups excluding carboxylic acids is 2. The number of rotatable bonds is 4. The Labute approximate surface area is 158 Å². The Kier molecular flexibility index (Phi) is 5.57. The van der Waals surface area contributed by atoms with Crippen LogP contribution in [0.3, 0.4) is 0 Å². The van der Waals surface area contributed by atoms with E-state index in [9.17, 15) is 9.59 Å². The summed E-state index contributed by atoms with van der Waals surface area (Å²) in [7, 11) is 0. The standard InChI is InChI=1S/C21H22N2O2S/c1-4-19-13-22-21(26-19)23(18-11-9-16(10-12-18)15(3)24)20(25)17-7-5-14(2)6-8-17/h5-12,19H,4,13H2,1-3H3. The number of benzene rings is 2. The minimum absolute atomic E-state index is 0.00610. The summed E-state index contributed by atoms with van der Waals surface area (Å²) in [6.45, 7) is 6.38. The molecule has 5 heteroatoms. The molecule has 0 saturated heterocycles. The van der Waals surface area contributed by atoms with Crippen molar-refractivity contribution in [2.75, 3.05) is 11.4 Å². The van der Waals surface area contributed by atoms with Gasteiger partial charge in [-0.15, -0.1) is 0 Å². The Hall–Kier alpha value is -2.40. The fourth-order valence-corrected chi connectivity index (χ4v) is 3.78. The lowest BCUT2D eigenvalue weighted by atomic mass is 10.1. The number of hydrogen-bond acceptors (Lipinski definition) is 4.